The lowest BCUT2D eigenvalue weighted by Crippen LogP contribution is -2.14. The van der Waals surface area contributed by atoms with Gasteiger partial charge in [0.1, 0.15) is 0 Å². The molecule has 0 fully saturated rings. The Morgan fingerprint density at radius 1 is 1.44 bits per heavy atom. The second kappa shape index (κ2) is 8.19. The van der Waals surface area contributed by atoms with E-state index in [0.717, 1.165) is 24.4 Å². The Hall–Kier alpha value is -0.970. The second-order valence-electron chi connectivity index (χ2n) is 4.58. The van der Waals surface area contributed by atoms with E-state index in [1.807, 2.05) is 0 Å². The topological polar surface area (TPSA) is 57.8 Å². The SMILES string of the molecule is CCCCCNc1nc(CSC(C)C)cc(=O)[nH]1. The van der Waals surface area contributed by atoms with Gasteiger partial charge in [0.05, 0.1) is 5.69 Å². The first-order valence-electron chi connectivity index (χ1n) is 6.57. The Balaban J connectivity index is 2.54. The first-order chi connectivity index (χ1) is 8.61. The van der Waals surface area contributed by atoms with Gasteiger partial charge >= 0.3 is 0 Å². The highest BCUT2D eigenvalue weighted by Gasteiger charge is 2.02. The smallest absolute Gasteiger partial charge is 0.252 e. The normalized spacial score (nSPS) is 10.9. The number of thioether (sulfide) groups is 1. The van der Waals surface area contributed by atoms with Gasteiger partial charge in [-0.1, -0.05) is 33.6 Å². The van der Waals surface area contributed by atoms with Crippen LogP contribution in [-0.2, 0) is 5.75 Å². The molecule has 102 valence electrons. The molecule has 0 radical (unpaired) electrons. The third-order valence-electron chi connectivity index (χ3n) is 2.43. The molecule has 0 saturated heterocycles. The maximum atomic E-state index is 11.5. The summed E-state index contributed by atoms with van der Waals surface area (Å²) in [6.45, 7) is 7.31. The van der Waals surface area contributed by atoms with Gasteiger partial charge in [-0.2, -0.15) is 11.8 Å². The van der Waals surface area contributed by atoms with Gasteiger partial charge in [0.25, 0.3) is 5.56 Å². The Kier molecular flexibility index (Phi) is 6.86. The molecule has 2 N–H and O–H groups in total. The molecule has 1 rings (SSSR count). The molecule has 0 saturated carbocycles. The lowest BCUT2D eigenvalue weighted by Gasteiger charge is -2.07. The summed E-state index contributed by atoms with van der Waals surface area (Å²) in [6, 6.07) is 1.58. The highest BCUT2D eigenvalue weighted by molar-refractivity contribution is 7.99. The van der Waals surface area contributed by atoms with Crippen molar-refractivity contribution in [3.05, 3.63) is 22.1 Å². The molecular formula is C13H23N3OS. The van der Waals surface area contributed by atoms with Crippen LogP contribution in [0.5, 0.6) is 0 Å². The summed E-state index contributed by atoms with van der Waals surface area (Å²) in [5.74, 6) is 1.38. The summed E-state index contributed by atoms with van der Waals surface area (Å²) in [5.41, 5.74) is 0.762. The Morgan fingerprint density at radius 3 is 2.89 bits per heavy atom. The minimum atomic E-state index is -0.0812. The molecule has 0 aliphatic rings. The Morgan fingerprint density at radius 2 is 2.22 bits per heavy atom. The van der Waals surface area contributed by atoms with Gasteiger partial charge in [-0.05, 0) is 11.7 Å². The summed E-state index contributed by atoms with van der Waals surface area (Å²) in [6.07, 6.45) is 3.49. The third-order valence-corrected chi connectivity index (χ3v) is 3.56. The predicted octanol–water partition coefficient (Wildman–Crippen LogP) is 3.01. The van der Waals surface area contributed by atoms with Crippen molar-refractivity contribution < 1.29 is 0 Å². The number of hydrogen-bond acceptors (Lipinski definition) is 4. The lowest BCUT2D eigenvalue weighted by atomic mass is 10.2. The molecule has 0 bridgehead atoms. The first kappa shape index (κ1) is 15.1. The summed E-state index contributed by atoms with van der Waals surface area (Å²) >= 11 is 1.79. The maximum absolute atomic E-state index is 11.5. The van der Waals surface area contributed by atoms with Crippen LogP contribution >= 0.6 is 11.8 Å². The molecule has 0 unspecified atom stereocenters. The zero-order valence-electron chi connectivity index (χ0n) is 11.5. The van der Waals surface area contributed by atoms with Gasteiger partial charge in [-0.3, -0.25) is 9.78 Å². The standard InChI is InChI=1S/C13H23N3OS/c1-4-5-6-7-14-13-15-11(8-12(17)16-13)9-18-10(2)3/h8,10H,4-7,9H2,1-3H3,(H2,14,15,16,17). The summed E-state index contributed by atoms with van der Waals surface area (Å²) in [5, 5.41) is 3.72. The number of aromatic nitrogens is 2. The molecular weight excluding hydrogens is 246 g/mol. The van der Waals surface area contributed by atoms with Crippen molar-refractivity contribution in [2.45, 2.75) is 51.0 Å². The van der Waals surface area contributed by atoms with E-state index in [4.69, 9.17) is 0 Å². The van der Waals surface area contributed by atoms with E-state index in [-0.39, 0.29) is 5.56 Å². The third kappa shape index (κ3) is 6.10. The van der Waals surface area contributed by atoms with E-state index in [2.05, 4.69) is 36.1 Å². The van der Waals surface area contributed by atoms with Gasteiger partial charge in [0, 0.05) is 18.4 Å². The van der Waals surface area contributed by atoms with Crippen molar-refractivity contribution >= 4 is 17.7 Å². The van der Waals surface area contributed by atoms with Crippen LogP contribution in [0.1, 0.15) is 45.7 Å². The van der Waals surface area contributed by atoms with Crippen LogP contribution in [0.25, 0.3) is 0 Å². The molecule has 1 aromatic heterocycles. The summed E-state index contributed by atoms with van der Waals surface area (Å²) < 4.78 is 0. The maximum Gasteiger partial charge on any atom is 0.252 e. The number of hydrogen-bond donors (Lipinski definition) is 2. The van der Waals surface area contributed by atoms with Crippen LogP contribution in [0.4, 0.5) is 5.95 Å². The molecule has 1 aromatic rings. The van der Waals surface area contributed by atoms with Gasteiger partial charge in [0.15, 0.2) is 0 Å². The highest BCUT2D eigenvalue weighted by atomic mass is 32.2. The fourth-order valence-corrected chi connectivity index (χ4v) is 2.15. The van der Waals surface area contributed by atoms with E-state index in [1.54, 1.807) is 17.8 Å². The largest absolute Gasteiger partial charge is 0.356 e. The van der Waals surface area contributed by atoms with Crippen LogP contribution in [0.3, 0.4) is 0 Å². The van der Waals surface area contributed by atoms with E-state index in [0.29, 0.717) is 11.2 Å². The van der Waals surface area contributed by atoms with E-state index >= 15 is 0 Å². The van der Waals surface area contributed by atoms with Crippen molar-refractivity contribution in [2.75, 3.05) is 11.9 Å². The monoisotopic (exact) mass is 269 g/mol. The van der Waals surface area contributed by atoms with Crippen LogP contribution in [0.15, 0.2) is 10.9 Å². The molecule has 0 aliphatic carbocycles. The number of rotatable bonds is 8. The van der Waals surface area contributed by atoms with Crippen molar-refractivity contribution in [2.24, 2.45) is 0 Å². The molecule has 18 heavy (non-hydrogen) atoms. The number of unbranched alkanes of at least 4 members (excludes halogenated alkanes) is 2. The van der Waals surface area contributed by atoms with Crippen molar-refractivity contribution in [3.8, 4) is 0 Å². The lowest BCUT2D eigenvalue weighted by molar-refractivity contribution is 0.739. The van der Waals surface area contributed by atoms with Crippen LogP contribution < -0.4 is 10.9 Å². The summed E-state index contributed by atoms with van der Waals surface area (Å²) in [4.78, 5) is 18.6. The molecule has 4 nitrogen and oxygen atoms in total. The highest BCUT2D eigenvalue weighted by Crippen LogP contribution is 2.15. The average Bonchev–Trinajstić information content (AvgIpc) is 2.32. The van der Waals surface area contributed by atoms with Gasteiger partial charge in [0.2, 0.25) is 5.95 Å². The number of nitrogens with zero attached hydrogens (tertiary/aromatic N) is 1. The average molecular weight is 269 g/mol. The molecule has 0 amide bonds. The van der Waals surface area contributed by atoms with Gasteiger partial charge in [-0.15, -0.1) is 0 Å². The van der Waals surface area contributed by atoms with Gasteiger partial charge in [-0.25, -0.2) is 4.98 Å². The Bertz CT molecular complexity index is 403. The number of aromatic amines is 1. The van der Waals surface area contributed by atoms with E-state index in [9.17, 15) is 4.79 Å². The Labute approximate surface area is 113 Å². The zero-order valence-corrected chi connectivity index (χ0v) is 12.3. The minimum absolute atomic E-state index is 0.0812. The molecule has 0 aliphatic heterocycles. The first-order valence-corrected chi connectivity index (χ1v) is 7.62. The minimum Gasteiger partial charge on any atom is -0.356 e. The quantitative estimate of drug-likeness (QED) is 0.712. The predicted molar refractivity (Wildman–Crippen MR) is 79.3 cm³/mol. The van der Waals surface area contributed by atoms with Crippen LogP contribution in [0.2, 0.25) is 0 Å². The fraction of sp³-hybridized carbons (Fsp3) is 0.692. The number of anilines is 1. The zero-order chi connectivity index (χ0) is 13.4. The molecule has 5 heteroatoms. The van der Waals surface area contributed by atoms with Crippen molar-refractivity contribution in [1.82, 2.24) is 9.97 Å². The molecule has 1 heterocycles. The second-order valence-corrected chi connectivity index (χ2v) is 6.14. The van der Waals surface area contributed by atoms with Crippen LogP contribution in [0, 0.1) is 0 Å². The number of nitrogens with one attached hydrogen (secondary N) is 2. The molecule has 0 spiro atoms. The van der Waals surface area contributed by atoms with Crippen molar-refractivity contribution in [1.29, 1.82) is 0 Å². The van der Waals surface area contributed by atoms with Crippen LogP contribution in [-0.4, -0.2) is 21.8 Å². The summed E-state index contributed by atoms with van der Waals surface area (Å²) in [7, 11) is 0. The number of H-pyrrole nitrogens is 1. The molecule has 0 atom stereocenters. The van der Waals surface area contributed by atoms with Crippen molar-refractivity contribution in [3.63, 3.8) is 0 Å². The fourth-order valence-electron chi connectivity index (χ4n) is 1.50. The molecule has 0 aromatic carbocycles. The van der Waals surface area contributed by atoms with Gasteiger partial charge < -0.3 is 5.32 Å². The van der Waals surface area contributed by atoms with E-state index < -0.39 is 0 Å². The van der Waals surface area contributed by atoms with E-state index in [1.165, 1.54) is 12.8 Å².